The van der Waals surface area contributed by atoms with Gasteiger partial charge < -0.3 is 4.74 Å². The smallest absolute Gasteiger partial charge is 0.293 e. The second-order valence-corrected chi connectivity index (χ2v) is 9.91. The summed E-state index contributed by atoms with van der Waals surface area (Å²) in [7, 11) is 0. The highest BCUT2D eigenvalue weighted by molar-refractivity contribution is 5.72. The van der Waals surface area contributed by atoms with Crippen LogP contribution in [0.1, 0.15) is 64.4 Å². The summed E-state index contributed by atoms with van der Waals surface area (Å²) in [6.07, 6.45) is 17.1. The van der Waals surface area contributed by atoms with Crippen LogP contribution in [-0.2, 0) is 9.53 Å². The van der Waals surface area contributed by atoms with Gasteiger partial charge in [0.2, 0.25) is 0 Å². The van der Waals surface area contributed by atoms with Crippen molar-refractivity contribution in [3.8, 4) is 0 Å². The maximum absolute atomic E-state index is 10.8. The van der Waals surface area contributed by atoms with Crippen LogP contribution in [0, 0.1) is 28.6 Å². The normalized spacial score (nSPS) is 41.8. The van der Waals surface area contributed by atoms with E-state index in [1.165, 1.54) is 36.8 Å². The van der Waals surface area contributed by atoms with Crippen LogP contribution in [0.4, 0.5) is 0 Å². The van der Waals surface area contributed by atoms with Gasteiger partial charge in [-0.05, 0) is 84.3 Å². The molecule has 0 saturated heterocycles. The third-order valence-corrected chi connectivity index (χ3v) is 8.86. The third kappa shape index (κ3) is 2.54. The zero-order chi connectivity index (χ0) is 19.4. The number of aromatic nitrogens is 1. The van der Waals surface area contributed by atoms with Gasteiger partial charge >= 0.3 is 0 Å². The minimum absolute atomic E-state index is 0.0903. The lowest BCUT2D eigenvalue weighted by Crippen LogP contribution is -2.50. The van der Waals surface area contributed by atoms with Crippen molar-refractivity contribution in [1.29, 1.82) is 0 Å². The standard InChI is InChI=1S/C25H31NO2/c1-24-11-9-19(28-16-27)14-18(24)5-6-20-22-8-7-21(17-4-3-13-26-15-17)25(22,2)12-10-23(20)24/h3-5,7,13,15-16,19-20,22-23H,6,8-12,14H2,1-2H3/t19-,20?,22?,23?,24-,25+/m0/s1. The number of rotatable bonds is 3. The quantitative estimate of drug-likeness (QED) is 0.510. The Hall–Kier alpha value is -1.90. The van der Waals surface area contributed by atoms with Crippen LogP contribution < -0.4 is 0 Å². The van der Waals surface area contributed by atoms with Crippen LogP contribution in [0.25, 0.3) is 5.57 Å². The van der Waals surface area contributed by atoms with Gasteiger partial charge in [-0.25, -0.2) is 0 Å². The van der Waals surface area contributed by atoms with Crippen molar-refractivity contribution in [2.45, 2.75) is 64.9 Å². The number of carbonyl (C=O) groups excluding carboxylic acids is 1. The van der Waals surface area contributed by atoms with E-state index >= 15 is 0 Å². The van der Waals surface area contributed by atoms with E-state index in [-0.39, 0.29) is 11.5 Å². The summed E-state index contributed by atoms with van der Waals surface area (Å²) in [5.41, 5.74) is 4.99. The van der Waals surface area contributed by atoms with E-state index in [1.54, 1.807) is 5.57 Å². The Labute approximate surface area is 168 Å². The summed E-state index contributed by atoms with van der Waals surface area (Å²) in [6, 6.07) is 4.29. The molecule has 3 heteroatoms. The second-order valence-electron chi connectivity index (χ2n) is 9.91. The molecule has 0 radical (unpaired) electrons. The van der Waals surface area contributed by atoms with Gasteiger partial charge in [0.25, 0.3) is 6.47 Å². The maximum Gasteiger partial charge on any atom is 0.293 e. The SMILES string of the molecule is C[C@]12CC[C@H](OC=O)CC1=CCC1C2CC[C@]2(C)C(c3cccnc3)=CCC12. The summed E-state index contributed by atoms with van der Waals surface area (Å²) < 4.78 is 5.33. The summed E-state index contributed by atoms with van der Waals surface area (Å²) >= 11 is 0. The molecule has 2 saturated carbocycles. The van der Waals surface area contributed by atoms with E-state index in [1.807, 2.05) is 12.4 Å². The summed E-state index contributed by atoms with van der Waals surface area (Å²) in [5, 5.41) is 0. The van der Waals surface area contributed by atoms with Crippen LogP contribution in [0.5, 0.6) is 0 Å². The minimum Gasteiger partial charge on any atom is -0.464 e. The molecule has 28 heavy (non-hydrogen) atoms. The van der Waals surface area contributed by atoms with Crippen LogP contribution in [0.15, 0.2) is 42.3 Å². The van der Waals surface area contributed by atoms with Gasteiger partial charge in [0.1, 0.15) is 6.10 Å². The van der Waals surface area contributed by atoms with E-state index in [2.05, 4.69) is 43.1 Å². The predicted molar refractivity (Wildman–Crippen MR) is 110 cm³/mol. The van der Waals surface area contributed by atoms with E-state index in [4.69, 9.17) is 4.74 Å². The Balaban J connectivity index is 1.43. The highest BCUT2D eigenvalue weighted by atomic mass is 16.5. The van der Waals surface area contributed by atoms with Gasteiger partial charge in [0, 0.05) is 18.8 Å². The number of hydrogen-bond acceptors (Lipinski definition) is 3. The second kappa shape index (κ2) is 6.57. The van der Waals surface area contributed by atoms with E-state index in [0.29, 0.717) is 11.9 Å². The lowest BCUT2D eigenvalue weighted by atomic mass is 9.47. The molecule has 0 bridgehead atoms. The van der Waals surface area contributed by atoms with Crippen molar-refractivity contribution < 1.29 is 9.53 Å². The first-order chi connectivity index (χ1) is 13.6. The van der Waals surface area contributed by atoms with Gasteiger partial charge in [-0.2, -0.15) is 0 Å². The van der Waals surface area contributed by atoms with Crippen molar-refractivity contribution in [2.24, 2.45) is 28.6 Å². The fourth-order valence-electron chi connectivity index (χ4n) is 7.36. The molecule has 5 rings (SSSR count). The molecule has 0 aromatic carbocycles. The molecule has 6 atom stereocenters. The van der Waals surface area contributed by atoms with Crippen LogP contribution in [0.2, 0.25) is 0 Å². The van der Waals surface area contributed by atoms with Gasteiger partial charge in [0.05, 0.1) is 0 Å². The monoisotopic (exact) mass is 377 g/mol. The Morgan fingerprint density at radius 1 is 1.11 bits per heavy atom. The molecule has 3 unspecified atom stereocenters. The highest BCUT2D eigenvalue weighted by Crippen LogP contribution is 2.66. The molecule has 1 heterocycles. The predicted octanol–water partition coefficient (Wildman–Crippen LogP) is 5.58. The fraction of sp³-hybridized carbons (Fsp3) is 0.600. The first-order valence-electron chi connectivity index (χ1n) is 11.0. The molecule has 0 spiro atoms. The van der Waals surface area contributed by atoms with Crippen molar-refractivity contribution in [3.05, 3.63) is 47.8 Å². The molecular formula is C25H31NO2. The van der Waals surface area contributed by atoms with Gasteiger partial charge in [-0.1, -0.05) is 37.6 Å². The van der Waals surface area contributed by atoms with E-state index in [9.17, 15) is 4.79 Å². The van der Waals surface area contributed by atoms with Gasteiger partial charge in [-0.15, -0.1) is 0 Å². The maximum atomic E-state index is 10.8. The summed E-state index contributed by atoms with van der Waals surface area (Å²) in [4.78, 5) is 15.2. The van der Waals surface area contributed by atoms with E-state index in [0.717, 1.165) is 37.0 Å². The number of hydrogen-bond donors (Lipinski definition) is 0. The number of carbonyl (C=O) groups is 1. The zero-order valence-electron chi connectivity index (χ0n) is 17.1. The average molecular weight is 378 g/mol. The van der Waals surface area contributed by atoms with Crippen LogP contribution in [0.3, 0.4) is 0 Å². The Morgan fingerprint density at radius 3 is 2.75 bits per heavy atom. The Kier molecular flexibility index (Phi) is 4.26. The fourth-order valence-corrected chi connectivity index (χ4v) is 7.36. The third-order valence-electron chi connectivity index (χ3n) is 8.86. The minimum atomic E-state index is 0.0903. The lowest BCUT2D eigenvalue weighted by Gasteiger charge is -2.57. The lowest BCUT2D eigenvalue weighted by molar-refractivity contribution is -0.135. The van der Waals surface area contributed by atoms with Crippen molar-refractivity contribution in [2.75, 3.05) is 0 Å². The first-order valence-corrected chi connectivity index (χ1v) is 11.0. The molecule has 0 aliphatic heterocycles. The molecule has 4 aliphatic carbocycles. The molecule has 4 aliphatic rings. The average Bonchev–Trinajstić information content (AvgIpc) is 3.06. The molecule has 0 N–H and O–H groups in total. The molecule has 3 nitrogen and oxygen atoms in total. The number of fused-ring (bicyclic) bond motifs is 5. The highest BCUT2D eigenvalue weighted by Gasteiger charge is 2.56. The molecule has 1 aromatic rings. The van der Waals surface area contributed by atoms with Crippen molar-refractivity contribution in [3.63, 3.8) is 0 Å². The molecule has 1 aromatic heterocycles. The van der Waals surface area contributed by atoms with Gasteiger partial charge in [-0.3, -0.25) is 9.78 Å². The zero-order valence-corrected chi connectivity index (χ0v) is 17.1. The molecule has 0 amide bonds. The number of allylic oxidation sites excluding steroid dienone is 3. The number of nitrogens with zero attached hydrogens (tertiary/aromatic N) is 1. The van der Waals surface area contributed by atoms with E-state index < -0.39 is 0 Å². The largest absolute Gasteiger partial charge is 0.464 e. The number of ether oxygens (including phenoxy) is 1. The molecule has 2 fully saturated rings. The van der Waals surface area contributed by atoms with Crippen molar-refractivity contribution in [1.82, 2.24) is 4.98 Å². The summed E-state index contributed by atoms with van der Waals surface area (Å²) in [5.74, 6) is 2.27. The van der Waals surface area contributed by atoms with Crippen LogP contribution >= 0.6 is 0 Å². The number of pyridine rings is 1. The van der Waals surface area contributed by atoms with Crippen molar-refractivity contribution >= 4 is 12.0 Å². The van der Waals surface area contributed by atoms with Crippen LogP contribution in [-0.4, -0.2) is 17.6 Å². The Bertz CT molecular complexity index is 828. The first kappa shape index (κ1) is 18.1. The molecular weight excluding hydrogens is 346 g/mol. The molecule has 148 valence electrons. The topological polar surface area (TPSA) is 39.2 Å². The van der Waals surface area contributed by atoms with Gasteiger partial charge in [0.15, 0.2) is 0 Å². The summed E-state index contributed by atoms with van der Waals surface area (Å²) in [6.45, 7) is 5.64. The Morgan fingerprint density at radius 2 is 1.96 bits per heavy atom.